The first-order valence-corrected chi connectivity index (χ1v) is 13.0. The van der Waals surface area contributed by atoms with E-state index in [-0.39, 0.29) is 15.4 Å². The van der Waals surface area contributed by atoms with E-state index in [4.69, 9.17) is 9.47 Å². The molecule has 0 saturated carbocycles. The summed E-state index contributed by atoms with van der Waals surface area (Å²) in [5.74, 6) is -0.0422. The first-order valence-electron chi connectivity index (χ1n) is 10.1. The number of rotatable bonds is 6. The molecule has 2 aromatic rings. The quantitative estimate of drug-likeness (QED) is 0.594. The summed E-state index contributed by atoms with van der Waals surface area (Å²) in [7, 11) is -7.81. The Hall–Kier alpha value is -2.67. The summed E-state index contributed by atoms with van der Waals surface area (Å²) in [6.45, 7) is 1.75. The molecular weight excluding hydrogens is 458 g/mol. The minimum Gasteiger partial charge on any atom is -0.490 e. The maximum atomic E-state index is 12.7. The molecule has 32 heavy (non-hydrogen) atoms. The molecule has 0 spiro atoms. The fourth-order valence-corrected chi connectivity index (χ4v) is 5.85. The molecule has 12 heteroatoms. The van der Waals surface area contributed by atoms with Gasteiger partial charge in [-0.25, -0.2) is 16.8 Å². The van der Waals surface area contributed by atoms with Gasteiger partial charge in [-0.3, -0.25) is 10.2 Å². The standard InChI is InChI=1S/C20H23N3O7S2/c24-20(15-5-3-6-17(13-15)32(27,28)23-9-1-2-10-23)21-22-31(25,26)16-7-8-18-19(14-16)30-12-4-11-29-18/h3,5-8,13-14,22H,1-2,4,9-12H2,(H,21,24). The van der Waals surface area contributed by atoms with Crippen LogP contribution in [0.5, 0.6) is 11.5 Å². The molecule has 0 bridgehead atoms. The van der Waals surface area contributed by atoms with Gasteiger partial charge >= 0.3 is 0 Å². The molecule has 2 heterocycles. The largest absolute Gasteiger partial charge is 0.490 e. The van der Waals surface area contributed by atoms with E-state index in [1.54, 1.807) is 0 Å². The molecule has 1 saturated heterocycles. The predicted molar refractivity (Wildman–Crippen MR) is 114 cm³/mol. The molecular formula is C20H23N3O7S2. The van der Waals surface area contributed by atoms with Gasteiger partial charge in [-0.2, -0.15) is 4.31 Å². The first kappa shape index (κ1) is 22.5. The van der Waals surface area contributed by atoms with Gasteiger partial charge in [0.05, 0.1) is 23.0 Å². The SMILES string of the molecule is O=C(NNS(=O)(=O)c1ccc2c(c1)OCCCO2)c1cccc(S(=O)(=O)N2CCCC2)c1. The minimum absolute atomic E-state index is 0.00614. The zero-order valence-electron chi connectivity index (χ0n) is 17.1. The van der Waals surface area contributed by atoms with Crippen LogP contribution in [0.2, 0.25) is 0 Å². The second kappa shape index (κ2) is 9.06. The molecule has 2 aliphatic heterocycles. The van der Waals surface area contributed by atoms with Crippen molar-refractivity contribution >= 4 is 26.0 Å². The molecule has 0 aromatic heterocycles. The van der Waals surface area contributed by atoms with Gasteiger partial charge in [-0.05, 0) is 43.2 Å². The number of fused-ring (bicyclic) bond motifs is 1. The highest BCUT2D eigenvalue weighted by Crippen LogP contribution is 2.31. The van der Waals surface area contributed by atoms with Crippen molar-refractivity contribution in [3.63, 3.8) is 0 Å². The fourth-order valence-electron chi connectivity index (χ4n) is 3.43. The Kier molecular flexibility index (Phi) is 6.38. The number of hydrogen-bond acceptors (Lipinski definition) is 7. The van der Waals surface area contributed by atoms with Crippen LogP contribution in [0.15, 0.2) is 52.3 Å². The Morgan fingerprint density at radius 2 is 1.56 bits per heavy atom. The number of hydrazine groups is 1. The third-order valence-corrected chi connectivity index (χ3v) is 8.27. The number of sulfonamides is 2. The van der Waals surface area contributed by atoms with Crippen LogP contribution in [0.1, 0.15) is 29.6 Å². The maximum absolute atomic E-state index is 12.7. The highest BCUT2D eigenvalue weighted by molar-refractivity contribution is 7.89. The molecule has 0 unspecified atom stereocenters. The van der Waals surface area contributed by atoms with Crippen molar-refractivity contribution in [2.45, 2.75) is 29.1 Å². The molecule has 0 aliphatic carbocycles. The first-order chi connectivity index (χ1) is 15.3. The van der Waals surface area contributed by atoms with E-state index in [2.05, 4.69) is 5.43 Å². The monoisotopic (exact) mass is 481 g/mol. The Morgan fingerprint density at radius 3 is 2.31 bits per heavy atom. The fraction of sp³-hybridized carbons (Fsp3) is 0.350. The number of carbonyl (C=O) groups excluding carboxylic acids is 1. The number of amides is 1. The van der Waals surface area contributed by atoms with Crippen LogP contribution >= 0.6 is 0 Å². The van der Waals surface area contributed by atoms with E-state index in [0.717, 1.165) is 12.8 Å². The van der Waals surface area contributed by atoms with Crippen LogP contribution in [0.4, 0.5) is 0 Å². The molecule has 10 nitrogen and oxygen atoms in total. The third kappa shape index (κ3) is 4.72. The number of benzene rings is 2. The lowest BCUT2D eigenvalue weighted by Crippen LogP contribution is -2.41. The molecule has 2 N–H and O–H groups in total. The van der Waals surface area contributed by atoms with Crippen molar-refractivity contribution in [2.75, 3.05) is 26.3 Å². The maximum Gasteiger partial charge on any atom is 0.266 e. The number of carbonyl (C=O) groups is 1. The summed E-state index contributed by atoms with van der Waals surface area (Å²) in [6, 6.07) is 9.63. The zero-order valence-corrected chi connectivity index (χ0v) is 18.7. The summed E-state index contributed by atoms with van der Waals surface area (Å²) in [4.78, 5) is 14.4. The normalized spacial score (nSPS) is 17.0. The lowest BCUT2D eigenvalue weighted by molar-refractivity contribution is 0.0945. The van der Waals surface area contributed by atoms with E-state index in [0.29, 0.717) is 44.2 Å². The molecule has 2 aromatic carbocycles. The molecule has 4 rings (SSSR count). The summed E-state index contributed by atoms with van der Waals surface area (Å²) >= 11 is 0. The van der Waals surface area contributed by atoms with Gasteiger partial charge in [0, 0.05) is 31.1 Å². The Bertz CT molecular complexity index is 1220. The van der Waals surface area contributed by atoms with Gasteiger partial charge in [0.15, 0.2) is 11.5 Å². The molecule has 1 fully saturated rings. The summed E-state index contributed by atoms with van der Waals surface area (Å²) in [5.41, 5.74) is 2.13. The van der Waals surface area contributed by atoms with E-state index >= 15 is 0 Å². The smallest absolute Gasteiger partial charge is 0.266 e. The van der Waals surface area contributed by atoms with Crippen LogP contribution in [0, 0.1) is 0 Å². The van der Waals surface area contributed by atoms with Crippen LogP contribution < -0.4 is 19.7 Å². The molecule has 0 atom stereocenters. The molecule has 172 valence electrons. The van der Waals surface area contributed by atoms with Gasteiger partial charge < -0.3 is 9.47 Å². The van der Waals surface area contributed by atoms with Crippen molar-refractivity contribution in [2.24, 2.45) is 0 Å². The van der Waals surface area contributed by atoms with E-state index < -0.39 is 26.0 Å². The lowest BCUT2D eigenvalue weighted by Gasteiger charge is -2.16. The summed E-state index contributed by atoms with van der Waals surface area (Å²) in [6.07, 6.45) is 2.26. The van der Waals surface area contributed by atoms with E-state index in [1.165, 1.54) is 46.8 Å². The topological polar surface area (TPSA) is 131 Å². The van der Waals surface area contributed by atoms with Crippen LogP contribution in [-0.4, -0.2) is 53.4 Å². The van der Waals surface area contributed by atoms with Gasteiger partial charge in [-0.15, -0.1) is 4.83 Å². The number of ether oxygens (including phenoxy) is 2. The average Bonchev–Trinajstić information content (AvgIpc) is 3.24. The van der Waals surface area contributed by atoms with Gasteiger partial charge in [0.2, 0.25) is 10.0 Å². The minimum atomic E-state index is -4.10. The van der Waals surface area contributed by atoms with Crippen molar-refractivity contribution in [1.82, 2.24) is 14.6 Å². The Balaban J connectivity index is 1.47. The van der Waals surface area contributed by atoms with Crippen LogP contribution in [-0.2, 0) is 20.0 Å². The number of nitrogens with one attached hydrogen (secondary N) is 2. The summed E-state index contributed by atoms with van der Waals surface area (Å²) < 4.78 is 63.0. The van der Waals surface area contributed by atoms with E-state index in [9.17, 15) is 21.6 Å². The number of hydrogen-bond donors (Lipinski definition) is 2. The second-order valence-electron chi connectivity index (χ2n) is 7.36. The molecule has 1 amide bonds. The zero-order chi connectivity index (χ0) is 22.8. The highest BCUT2D eigenvalue weighted by atomic mass is 32.2. The van der Waals surface area contributed by atoms with Gasteiger partial charge in [0.1, 0.15) is 0 Å². The molecule has 0 radical (unpaired) electrons. The van der Waals surface area contributed by atoms with Crippen LogP contribution in [0.3, 0.4) is 0 Å². The average molecular weight is 482 g/mol. The number of nitrogens with zero attached hydrogens (tertiary/aromatic N) is 1. The molecule has 2 aliphatic rings. The third-order valence-electron chi connectivity index (χ3n) is 5.13. The lowest BCUT2D eigenvalue weighted by atomic mass is 10.2. The van der Waals surface area contributed by atoms with E-state index in [1.807, 2.05) is 4.83 Å². The second-order valence-corrected chi connectivity index (χ2v) is 11.0. The summed E-state index contributed by atoms with van der Waals surface area (Å²) in [5, 5.41) is 0. The van der Waals surface area contributed by atoms with Gasteiger partial charge in [0.25, 0.3) is 15.9 Å². The predicted octanol–water partition coefficient (Wildman–Crippen LogP) is 1.26. The van der Waals surface area contributed by atoms with Crippen molar-refractivity contribution in [3.8, 4) is 11.5 Å². The van der Waals surface area contributed by atoms with Gasteiger partial charge in [-0.1, -0.05) is 6.07 Å². The highest BCUT2D eigenvalue weighted by Gasteiger charge is 2.28. The van der Waals surface area contributed by atoms with Crippen molar-refractivity contribution in [3.05, 3.63) is 48.0 Å². The van der Waals surface area contributed by atoms with Crippen molar-refractivity contribution < 1.29 is 31.1 Å². The Labute approximate surface area is 186 Å². The Morgan fingerprint density at radius 1 is 0.844 bits per heavy atom. The van der Waals surface area contributed by atoms with Crippen LogP contribution in [0.25, 0.3) is 0 Å². The van der Waals surface area contributed by atoms with Crippen molar-refractivity contribution in [1.29, 1.82) is 0 Å².